The fraction of sp³-hybridized carbons (Fsp3) is 0.286. The van der Waals surface area contributed by atoms with E-state index in [1.807, 2.05) is 24.3 Å². The third kappa shape index (κ3) is 3.07. The van der Waals surface area contributed by atoms with Crippen LogP contribution in [0.15, 0.2) is 52.5 Å². The SMILES string of the molecule is COC(=O)C1=C(C)C(C(=O)OC)C(C)=NC1c1c(O)ccc2ccccc12. The average molecular weight is 367 g/mol. The van der Waals surface area contributed by atoms with Crippen molar-refractivity contribution < 1.29 is 24.2 Å². The molecule has 2 aromatic rings. The van der Waals surface area contributed by atoms with Crippen LogP contribution in [0.4, 0.5) is 0 Å². The molecule has 2 unspecified atom stereocenters. The van der Waals surface area contributed by atoms with E-state index in [-0.39, 0.29) is 11.3 Å². The second-order valence-corrected chi connectivity index (χ2v) is 6.44. The minimum Gasteiger partial charge on any atom is -0.508 e. The lowest BCUT2D eigenvalue weighted by Gasteiger charge is -2.29. The molecule has 6 nitrogen and oxygen atoms in total. The van der Waals surface area contributed by atoms with E-state index in [9.17, 15) is 14.7 Å². The molecular formula is C21H21NO5. The maximum Gasteiger partial charge on any atom is 0.336 e. The molecule has 1 aliphatic rings. The summed E-state index contributed by atoms with van der Waals surface area (Å²) in [5.41, 5.74) is 1.78. The van der Waals surface area contributed by atoms with Crippen molar-refractivity contribution in [2.75, 3.05) is 14.2 Å². The van der Waals surface area contributed by atoms with Gasteiger partial charge < -0.3 is 14.6 Å². The molecule has 0 saturated carbocycles. The molecule has 0 aromatic heterocycles. The molecule has 0 bridgehead atoms. The van der Waals surface area contributed by atoms with Gasteiger partial charge in [0.2, 0.25) is 0 Å². The van der Waals surface area contributed by atoms with Crippen molar-refractivity contribution in [2.24, 2.45) is 10.9 Å². The molecule has 2 aromatic carbocycles. The van der Waals surface area contributed by atoms with Crippen LogP contribution in [-0.4, -0.2) is 37.0 Å². The fourth-order valence-corrected chi connectivity index (χ4v) is 3.66. The zero-order valence-corrected chi connectivity index (χ0v) is 15.6. The number of dihydropyridines is 1. The van der Waals surface area contributed by atoms with Gasteiger partial charge in [0.15, 0.2) is 0 Å². The van der Waals surface area contributed by atoms with Crippen LogP contribution in [0.1, 0.15) is 25.5 Å². The van der Waals surface area contributed by atoms with Crippen LogP contribution < -0.4 is 0 Å². The molecule has 140 valence electrons. The van der Waals surface area contributed by atoms with Crippen LogP contribution in [0.25, 0.3) is 10.8 Å². The Labute approximate surface area is 157 Å². The quantitative estimate of drug-likeness (QED) is 0.841. The Bertz CT molecular complexity index is 989. The molecule has 1 aliphatic heterocycles. The summed E-state index contributed by atoms with van der Waals surface area (Å²) >= 11 is 0. The normalized spacial score (nSPS) is 19.6. The summed E-state index contributed by atoms with van der Waals surface area (Å²) in [4.78, 5) is 29.4. The Morgan fingerprint density at radius 2 is 1.74 bits per heavy atom. The lowest BCUT2D eigenvalue weighted by atomic mass is 9.82. The fourth-order valence-electron chi connectivity index (χ4n) is 3.66. The predicted octanol–water partition coefficient (Wildman–Crippen LogP) is 3.34. The number of phenolic OH excluding ortho intramolecular Hbond substituents is 1. The van der Waals surface area contributed by atoms with Crippen molar-refractivity contribution in [3.05, 3.63) is 53.1 Å². The summed E-state index contributed by atoms with van der Waals surface area (Å²) in [5, 5.41) is 12.3. The van der Waals surface area contributed by atoms with E-state index in [4.69, 9.17) is 9.47 Å². The highest BCUT2D eigenvalue weighted by Gasteiger charge is 2.38. The van der Waals surface area contributed by atoms with Crippen molar-refractivity contribution in [3.63, 3.8) is 0 Å². The molecule has 6 heteroatoms. The van der Waals surface area contributed by atoms with Gasteiger partial charge in [0.1, 0.15) is 17.7 Å². The molecule has 0 fully saturated rings. The van der Waals surface area contributed by atoms with Crippen molar-refractivity contribution in [1.29, 1.82) is 0 Å². The highest BCUT2D eigenvalue weighted by Crippen LogP contribution is 2.43. The second kappa shape index (κ2) is 7.23. The van der Waals surface area contributed by atoms with Gasteiger partial charge in [-0.2, -0.15) is 0 Å². The van der Waals surface area contributed by atoms with Gasteiger partial charge in [-0.3, -0.25) is 9.79 Å². The Kier molecular flexibility index (Phi) is 4.99. The first-order valence-electron chi connectivity index (χ1n) is 8.52. The highest BCUT2D eigenvalue weighted by atomic mass is 16.5. The van der Waals surface area contributed by atoms with E-state index in [1.54, 1.807) is 26.0 Å². The summed E-state index contributed by atoms with van der Waals surface area (Å²) in [5.74, 6) is -1.80. The molecule has 0 aliphatic carbocycles. The number of aliphatic imine (C=N–C) groups is 1. The van der Waals surface area contributed by atoms with Crippen molar-refractivity contribution in [2.45, 2.75) is 19.9 Å². The minimum absolute atomic E-state index is 0.0287. The number of carbonyl (C=O) groups excluding carboxylic acids is 2. The smallest absolute Gasteiger partial charge is 0.336 e. The molecule has 1 heterocycles. The molecule has 0 amide bonds. The summed E-state index contributed by atoms with van der Waals surface area (Å²) in [6.45, 7) is 3.41. The van der Waals surface area contributed by atoms with Crippen molar-refractivity contribution in [1.82, 2.24) is 0 Å². The van der Waals surface area contributed by atoms with Gasteiger partial charge in [-0.1, -0.05) is 30.3 Å². The summed E-state index contributed by atoms with van der Waals surface area (Å²) in [6, 6.07) is 10.2. The van der Waals surface area contributed by atoms with Crippen molar-refractivity contribution >= 4 is 28.4 Å². The van der Waals surface area contributed by atoms with Crippen molar-refractivity contribution in [3.8, 4) is 5.75 Å². The number of fused-ring (bicyclic) bond motifs is 1. The van der Waals surface area contributed by atoms with Crippen LogP contribution in [0.5, 0.6) is 5.75 Å². The third-order valence-corrected chi connectivity index (χ3v) is 4.95. The molecule has 0 radical (unpaired) electrons. The molecule has 2 atom stereocenters. The lowest BCUT2D eigenvalue weighted by molar-refractivity contribution is -0.142. The summed E-state index contributed by atoms with van der Waals surface area (Å²) in [7, 11) is 2.57. The Balaban J connectivity index is 2.30. The Hall–Kier alpha value is -3.15. The minimum atomic E-state index is -0.774. The van der Waals surface area contributed by atoms with E-state index in [0.29, 0.717) is 16.8 Å². The number of benzene rings is 2. The van der Waals surface area contributed by atoms with Crippen LogP contribution in [0.3, 0.4) is 0 Å². The predicted molar refractivity (Wildman–Crippen MR) is 102 cm³/mol. The van der Waals surface area contributed by atoms with Crippen LogP contribution in [-0.2, 0) is 19.1 Å². The number of rotatable bonds is 3. The van der Waals surface area contributed by atoms with Gasteiger partial charge in [0, 0.05) is 11.3 Å². The Morgan fingerprint density at radius 1 is 1.04 bits per heavy atom. The van der Waals surface area contributed by atoms with Gasteiger partial charge in [0.25, 0.3) is 0 Å². The first-order valence-corrected chi connectivity index (χ1v) is 8.52. The van der Waals surface area contributed by atoms with E-state index in [2.05, 4.69) is 4.99 Å². The standard InChI is InChI=1S/C21H21NO5/c1-11-16(20(24)26-3)12(2)22-19(17(11)21(25)27-4)18-14-8-6-5-7-13(14)9-10-15(18)23/h5-10,16,19,23H,1-4H3. The Morgan fingerprint density at radius 3 is 2.41 bits per heavy atom. The van der Waals surface area contributed by atoms with E-state index in [1.165, 1.54) is 14.2 Å². The molecular weight excluding hydrogens is 346 g/mol. The maximum atomic E-state index is 12.6. The van der Waals surface area contributed by atoms with Gasteiger partial charge in [0.05, 0.1) is 19.8 Å². The number of aromatic hydroxyl groups is 1. The molecule has 3 rings (SSSR count). The van der Waals surface area contributed by atoms with E-state index < -0.39 is 23.9 Å². The number of phenols is 1. The topological polar surface area (TPSA) is 85.2 Å². The number of ether oxygens (including phenoxy) is 2. The molecule has 27 heavy (non-hydrogen) atoms. The first-order chi connectivity index (χ1) is 12.9. The third-order valence-electron chi connectivity index (χ3n) is 4.95. The average Bonchev–Trinajstić information content (AvgIpc) is 2.66. The number of nitrogens with zero attached hydrogens (tertiary/aromatic N) is 1. The number of hydrogen-bond donors (Lipinski definition) is 1. The highest BCUT2D eigenvalue weighted by molar-refractivity contribution is 6.08. The number of hydrogen-bond acceptors (Lipinski definition) is 6. The van der Waals surface area contributed by atoms with Crippen LogP contribution >= 0.6 is 0 Å². The molecule has 0 spiro atoms. The molecule has 0 saturated heterocycles. The lowest BCUT2D eigenvalue weighted by Crippen LogP contribution is -2.32. The van der Waals surface area contributed by atoms with E-state index >= 15 is 0 Å². The number of esters is 2. The first kappa shape index (κ1) is 18.6. The van der Waals surface area contributed by atoms with Gasteiger partial charge >= 0.3 is 11.9 Å². The van der Waals surface area contributed by atoms with Gasteiger partial charge in [-0.25, -0.2) is 4.79 Å². The van der Waals surface area contributed by atoms with Gasteiger partial charge in [-0.05, 0) is 36.3 Å². The monoisotopic (exact) mass is 367 g/mol. The van der Waals surface area contributed by atoms with Crippen LogP contribution in [0, 0.1) is 5.92 Å². The zero-order valence-electron chi connectivity index (χ0n) is 15.6. The summed E-state index contributed by atoms with van der Waals surface area (Å²) < 4.78 is 9.83. The summed E-state index contributed by atoms with van der Waals surface area (Å²) in [6.07, 6.45) is 0. The van der Waals surface area contributed by atoms with E-state index in [0.717, 1.165) is 10.8 Å². The van der Waals surface area contributed by atoms with Gasteiger partial charge in [-0.15, -0.1) is 0 Å². The van der Waals surface area contributed by atoms with Crippen LogP contribution in [0.2, 0.25) is 0 Å². The second-order valence-electron chi connectivity index (χ2n) is 6.44. The zero-order chi connectivity index (χ0) is 19.7. The maximum absolute atomic E-state index is 12.6. The number of methoxy groups -OCH3 is 2. The number of carbonyl (C=O) groups is 2. The largest absolute Gasteiger partial charge is 0.508 e. The molecule has 1 N–H and O–H groups in total.